The predicted octanol–water partition coefficient (Wildman–Crippen LogP) is 7.54. The van der Waals surface area contributed by atoms with E-state index >= 15 is 0 Å². The van der Waals surface area contributed by atoms with Gasteiger partial charge in [-0.1, -0.05) is 42.6 Å². The number of hydrogen-bond donors (Lipinski definition) is 2. The minimum Gasteiger partial charge on any atom is -0.382 e. The summed E-state index contributed by atoms with van der Waals surface area (Å²) < 4.78 is 0. The largest absolute Gasteiger partial charge is 0.382 e. The van der Waals surface area contributed by atoms with Gasteiger partial charge in [-0.05, 0) is 105 Å². The number of hydrogen-bond acceptors (Lipinski definition) is 3. The van der Waals surface area contributed by atoms with Gasteiger partial charge in [0.25, 0.3) is 5.91 Å². The quantitative estimate of drug-likeness (QED) is 0.346. The van der Waals surface area contributed by atoms with Crippen molar-refractivity contribution in [2.45, 2.75) is 64.5 Å². The van der Waals surface area contributed by atoms with Gasteiger partial charge in [0.15, 0.2) is 0 Å². The van der Waals surface area contributed by atoms with Crippen molar-refractivity contribution in [3.05, 3.63) is 94.0 Å². The van der Waals surface area contributed by atoms with E-state index in [0.29, 0.717) is 29.6 Å². The van der Waals surface area contributed by atoms with E-state index in [0.717, 1.165) is 28.9 Å². The first-order chi connectivity index (χ1) is 18.4. The average Bonchev–Trinajstić information content (AvgIpc) is 3.44. The molecule has 0 spiro atoms. The third-order valence-electron chi connectivity index (χ3n) is 8.07. The first-order valence-electron chi connectivity index (χ1n) is 13.7. The highest BCUT2D eigenvalue weighted by Gasteiger charge is 2.39. The Morgan fingerprint density at radius 3 is 2.18 bits per heavy atom. The molecule has 3 aromatic carbocycles. The van der Waals surface area contributed by atoms with E-state index in [9.17, 15) is 9.59 Å². The summed E-state index contributed by atoms with van der Waals surface area (Å²) in [5.74, 6) is -0.501. The molecule has 2 fully saturated rings. The van der Waals surface area contributed by atoms with Crippen molar-refractivity contribution in [3.8, 4) is 0 Å². The van der Waals surface area contributed by atoms with Crippen molar-refractivity contribution >= 4 is 34.8 Å². The molecule has 6 heteroatoms. The number of amides is 2. The average molecular weight is 530 g/mol. The first kappa shape index (κ1) is 26.3. The van der Waals surface area contributed by atoms with Gasteiger partial charge < -0.3 is 15.5 Å². The summed E-state index contributed by atoms with van der Waals surface area (Å²) in [5.41, 5.74) is 5.74. The number of likely N-dealkylation sites (tertiary alicyclic amines) is 1. The van der Waals surface area contributed by atoms with Gasteiger partial charge in [-0.25, -0.2) is 0 Å². The number of nitrogens with zero attached hydrogens (tertiary/aromatic N) is 1. The summed E-state index contributed by atoms with van der Waals surface area (Å²) >= 11 is 6.08. The van der Waals surface area contributed by atoms with E-state index in [2.05, 4.69) is 41.8 Å². The number of aryl methyl sites for hydroxylation is 2. The van der Waals surface area contributed by atoms with Gasteiger partial charge >= 0.3 is 0 Å². The minimum atomic E-state index is -0.366. The molecule has 1 aliphatic heterocycles. The zero-order valence-electron chi connectivity index (χ0n) is 22.2. The van der Waals surface area contributed by atoms with Crippen LogP contribution in [0.15, 0.2) is 66.7 Å². The van der Waals surface area contributed by atoms with Crippen molar-refractivity contribution < 1.29 is 9.59 Å². The molecule has 198 valence electrons. The molecule has 1 saturated heterocycles. The van der Waals surface area contributed by atoms with Crippen LogP contribution < -0.4 is 10.6 Å². The van der Waals surface area contributed by atoms with Gasteiger partial charge in [0.2, 0.25) is 5.91 Å². The van der Waals surface area contributed by atoms with Gasteiger partial charge in [-0.3, -0.25) is 9.59 Å². The molecule has 3 aromatic rings. The maximum Gasteiger partial charge on any atom is 0.254 e. The lowest BCUT2D eigenvalue weighted by Crippen LogP contribution is -2.46. The molecule has 38 heavy (non-hydrogen) atoms. The van der Waals surface area contributed by atoms with Crippen LogP contribution in [0.4, 0.5) is 11.4 Å². The summed E-state index contributed by atoms with van der Waals surface area (Å²) in [6.07, 6.45) is 6.44. The number of carbonyl (C=O) groups is 2. The standard InChI is InChI=1S/C32H36ClN3O2/c1-21-9-16-28(20-22(21)2)35-31(37)29-8-5-19-36(32(38)24-10-14-25(33)15-11-24)30(29)23-12-17-27(18-13-23)34-26-6-3-4-7-26/h9-18,20,26,29-30,34H,3-8,19H2,1-2H3,(H,35,37)/t29?,30-/m0/s1. The van der Waals surface area contributed by atoms with E-state index in [1.165, 1.54) is 31.2 Å². The van der Waals surface area contributed by atoms with Crippen molar-refractivity contribution in [1.82, 2.24) is 4.90 Å². The Bertz CT molecular complexity index is 1280. The number of halogens is 1. The molecule has 0 aromatic heterocycles. The van der Waals surface area contributed by atoms with Crippen LogP contribution >= 0.6 is 11.6 Å². The van der Waals surface area contributed by atoms with Crippen LogP contribution in [0.2, 0.25) is 5.02 Å². The second-order valence-corrected chi connectivity index (χ2v) is 11.2. The highest BCUT2D eigenvalue weighted by Crippen LogP contribution is 2.38. The van der Waals surface area contributed by atoms with Crippen molar-refractivity contribution in [3.63, 3.8) is 0 Å². The highest BCUT2D eigenvalue weighted by molar-refractivity contribution is 6.30. The molecule has 2 aliphatic rings. The predicted molar refractivity (Wildman–Crippen MR) is 155 cm³/mol. The SMILES string of the molecule is Cc1ccc(NC(=O)C2CCCN(C(=O)c3ccc(Cl)cc3)[C@H]2c2ccc(NC3CCCC3)cc2)cc1C. The minimum absolute atomic E-state index is 0.0555. The third-order valence-corrected chi connectivity index (χ3v) is 8.32. The summed E-state index contributed by atoms with van der Waals surface area (Å²) in [4.78, 5) is 29.3. The Morgan fingerprint density at radius 2 is 1.50 bits per heavy atom. The Balaban J connectivity index is 1.44. The summed E-state index contributed by atoms with van der Waals surface area (Å²) in [6.45, 7) is 4.70. The third kappa shape index (κ3) is 5.88. The second kappa shape index (κ2) is 11.6. The summed E-state index contributed by atoms with van der Waals surface area (Å²) in [6, 6.07) is 21.5. The molecule has 5 rings (SSSR count). The maximum absolute atomic E-state index is 13.7. The summed E-state index contributed by atoms with van der Waals surface area (Å²) in [5, 5.41) is 7.37. The van der Waals surface area contributed by atoms with E-state index in [1.807, 2.05) is 30.0 Å². The molecule has 5 nitrogen and oxygen atoms in total. The number of piperidine rings is 1. The zero-order chi connectivity index (χ0) is 26.6. The van der Waals surface area contributed by atoms with E-state index in [-0.39, 0.29) is 23.8 Å². The lowest BCUT2D eigenvalue weighted by molar-refractivity contribution is -0.123. The summed E-state index contributed by atoms with van der Waals surface area (Å²) in [7, 11) is 0. The fraction of sp³-hybridized carbons (Fsp3) is 0.375. The van der Waals surface area contributed by atoms with Crippen LogP contribution in [0.25, 0.3) is 0 Å². The van der Waals surface area contributed by atoms with Gasteiger partial charge in [-0.15, -0.1) is 0 Å². The fourth-order valence-electron chi connectivity index (χ4n) is 5.81. The van der Waals surface area contributed by atoms with Crippen LogP contribution in [0, 0.1) is 19.8 Å². The fourth-order valence-corrected chi connectivity index (χ4v) is 5.93. The van der Waals surface area contributed by atoms with Crippen LogP contribution in [0.1, 0.15) is 71.6 Å². The highest BCUT2D eigenvalue weighted by atomic mass is 35.5. The van der Waals surface area contributed by atoms with Gasteiger partial charge in [0.1, 0.15) is 0 Å². The number of rotatable bonds is 6. The molecule has 1 heterocycles. The first-order valence-corrected chi connectivity index (χ1v) is 14.1. The molecule has 1 saturated carbocycles. The Hall–Kier alpha value is -3.31. The second-order valence-electron chi connectivity index (χ2n) is 10.7. The molecule has 2 N–H and O–H groups in total. The Morgan fingerprint density at radius 1 is 0.816 bits per heavy atom. The molecule has 0 bridgehead atoms. The molecule has 1 unspecified atom stereocenters. The topological polar surface area (TPSA) is 61.4 Å². The lowest BCUT2D eigenvalue weighted by Gasteiger charge is -2.41. The Kier molecular flexibility index (Phi) is 8.04. The monoisotopic (exact) mass is 529 g/mol. The van der Waals surface area contributed by atoms with Crippen molar-refractivity contribution in [2.75, 3.05) is 17.2 Å². The molecular weight excluding hydrogens is 494 g/mol. The molecule has 1 aliphatic carbocycles. The van der Waals surface area contributed by atoms with E-state index < -0.39 is 0 Å². The molecule has 2 atom stereocenters. The lowest BCUT2D eigenvalue weighted by atomic mass is 9.83. The van der Waals surface area contributed by atoms with Gasteiger partial charge in [0, 0.05) is 34.5 Å². The molecule has 0 radical (unpaired) electrons. The number of carbonyl (C=O) groups excluding carboxylic acids is 2. The van der Waals surface area contributed by atoms with Gasteiger partial charge in [0.05, 0.1) is 12.0 Å². The van der Waals surface area contributed by atoms with Crippen LogP contribution in [-0.4, -0.2) is 29.3 Å². The van der Waals surface area contributed by atoms with Crippen molar-refractivity contribution in [2.24, 2.45) is 5.92 Å². The number of benzene rings is 3. The van der Waals surface area contributed by atoms with Crippen LogP contribution in [-0.2, 0) is 4.79 Å². The maximum atomic E-state index is 13.7. The van der Waals surface area contributed by atoms with Crippen LogP contribution in [0.5, 0.6) is 0 Å². The van der Waals surface area contributed by atoms with Crippen molar-refractivity contribution in [1.29, 1.82) is 0 Å². The number of anilines is 2. The zero-order valence-corrected chi connectivity index (χ0v) is 22.9. The normalized spacial score (nSPS) is 19.8. The van der Waals surface area contributed by atoms with E-state index in [1.54, 1.807) is 24.3 Å². The Labute approximate surface area is 230 Å². The molecule has 2 amide bonds. The molecular formula is C32H36ClN3O2. The number of nitrogens with one attached hydrogen (secondary N) is 2. The smallest absolute Gasteiger partial charge is 0.254 e. The van der Waals surface area contributed by atoms with Crippen LogP contribution in [0.3, 0.4) is 0 Å². The van der Waals surface area contributed by atoms with Gasteiger partial charge in [-0.2, -0.15) is 0 Å². The van der Waals surface area contributed by atoms with E-state index in [4.69, 9.17) is 11.6 Å².